The SMILES string of the molecule is C=C(C)CN=C(N)NCC1CCCCCCC1. The second-order valence-corrected chi connectivity index (χ2v) is 5.25. The highest BCUT2D eigenvalue weighted by Gasteiger charge is 2.11. The van der Waals surface area contributed by atoms with Gasteiger partial charge in [-0.15, -0.1) is 0 Å². The maximum absolute atomic E-state index is 5.81. The van der Waals surface area contributed by atoms with Crippen LogP contribution in [-0.4, -0.2) is 19.0 Å². The molecule has 0 aromatic heterocycles. The molecule has 98 valence electrons. The Morgan fingerprint density at radius 3 is 2.41 bits per heavy atom. The summed E-state index contributed by atoms with van der Waals surface area (Å²) in [7, 11) is 0. The van der Waals surface area contributed by atoms with Crippen LogP contribution >= 0.6 is 0 Å². The van der Waals surface area contributed by atoms with Crippen molar-refractivity contribution in [3.63, 3.8) is 0 Å². The molecule has 0 atom stereocenters. The number of guanidine groups is 1. The van der Waals surface area contributed by atoms with Crippen molar-refractivity contribution >= 4 is 5.96 Å². The van der Waals surface area contributed by atoms with E-state index in [4.69, 9.17) is 5.73 Å². The summed E-state index contributed by atoms with van der Waals surface area (Å²) >= 11 is 0. The van der Waals surface area contributed by atoms with E-state index in [0.29, 0.717) is 12.5 Å². The molecule has 0 aliphatic heterocycles. The molecular formula is C14H27N3. The average molecular weight is 237 g/mol. The first-order valence-electron chi connectivity index (χ1n) is 6.86. The van der Waals surface area contributed by atoms with Gasteiger partial charge in [0.2, 0.25) is 0 Å². The van der Waals surface area contributed by atoms with Gasteiger partial charge < -0.3 is 11.1 Å². The Labute approximate surface area is 106 Å². The molecule has 0 bridgehead atoms. The molecular weight excluding hydrogens is 210 g/mol. The normalized spacial score (nSPS) is 19.5. The van der Waals surface area contributed by atoms with Crippen molar-refractivity contribution in [2.24, 2.45) is 16.6 Å². The maximum atomic E-state index is 5.81. The van der Waals surface area contributed by atoms with Gasteiger partial charge in [-0.05, 0) is 25.7 Å². The predicted molar refractivity (Wildman–Crippen MR) is 75.1 cm³/mol. The van der Waals surface area contributed by atoms with E-state index in [1.807, 2.05) is 6.92 Å². The number of aliphatic imine (C=N–C) groups is 1. The molecule has 0 spiro atoms. The molecule has 0 unspecified atom stereocenters. The van der Waals surface area contributed by atoms with Gasteiger partial charge in [0.1, 0.15) is 0 Å². The zero-order valence-electron chi connectivity index (χ0n) is 11.2. The first-order valence-corrected chi connectivity index (χ1v) is 6.86. The lowest BCUT2D eigenvalue weighted by molar-refractivity contribution is 0.376. The van der Waals surface area contributed by atoms with Crippen molar-refractivity contribution in [2.75, 3.05) is 13.1 Å². The lowest BCUT2D eigenvalue weighted by Gasteiger charge is -2.20. The number of nitrogens with one attached hydrogen (secondary N) is 1. The molecule has 0 radical (unpaired) electrons. The summed E-state index contributed by atoms with van der Waals surface area (Å²) in [6, 6.07) is 0. The second kappa shape index (κ2) is 8.15. The van der Waals surface area contributed by atoms with E-state index < -0.39 is 0 Å². The Bertz CT molecular complexity index is 250. The fourth-order valence-electron chi connectivity index (χ4n) is 2.27. The molecule has 1 saturated carbocycles. The summed E-state index contributed by atoms with van der Waals surface area (Å²) in [4.78, 5) is 4.23. The number of hydrogen-bond donors (Lipinski definition) is 2. The molecule has 1 rings (SSSR count). The summed E-state index contributed by atoms with van der Waals surface area (Å²) in [6.45, 7) is 7.38. The summed E-state index contributed by atoms with van der Waals surface area (Å²) < 4.78 is 0. The van der Waals surface area contributed by atoms with E-state index in [0.717, 1.165) is 18.0 Å². The topological polar surface area (TPSA) is 50.4 Å². The minimum Gasteiger partial charge on any atom is -0.370 e. The molecule has 3 heteroatoms. The Morgan fingerprint density at radius 2 is 1.82 bits per heavy atom. The van der Waals surface area contributed by atoms with Crippen LogP contribution in [-0.2, 0) is 0 Å². The van der Waals surface area contributed by atoms with Crippen LogP contribution in [0, 0.1) is 5.92 Å². The van der Waals surface area contributed by atoms with Gasteiger partial charge in [-0.3, -0.25) is 0 Å². The number of nitrogens with zero attached hydrogens (tertiary/aromatic N) is 1. The van der Waals surface area contributed by atoms with Gasteiger partial charge in [-0.25, -0.2) is 4.99 Å². The highest BCUT2D eigenvalue weighted by molar-refractivity contribution is 5.77. The highest BCUT2D eigenvalue weighted by atomic mass is 15.1. The van der Waals surface area contributed by atoms with Gasteiger partial charge in [-0.1, -0.05) is 44.3 Å². The number of nitrogens with two attached hydrogens (primary N) is 1. The number of hydrogen-bond acceptors (Lipinski definition) is 1. The van der Waals surface area contributed by atoms with E-state index in [9.17, 15) is 0 Å². The fraction of sp³-hybridized carbons (Fsp3) is 0.786. The molecule has 0 heterocycles. The lowest BCUT2D eigenvalue weighted by atomic mass is 9.91. The van der Waals surface area contributed by atoms with Crippen LogP contribution < -0.4 is 11.1 Å². The minimum atomic E-state index is 0.565. The third-order valence-electron chi connectivity index (χ3n) is 3.32. The molecule has 0 saturated heterocycles. The van der Waals surface area contributed by atoms with Gasteiger partial charge in [0.25, 0.3) is 0 Å². The molecule has 0 aromatic rings. The van der Waals surface area contributed by atoms with Crippen LogP contribution in [0.3, 0.4) is 0 Å². The molecule has 17 heavy (non-hydrogen) atoms. The standard InChI is InChI=1S/C14H27N3/c1-12(2)10-16-14(15)17-11-13-8-6-4-3-5-7-9-13/h13H,1,3-11H2,2H3,(H3,15,16,17). The Kier molecular flexibility index (Phi) is 6.75. The maximum Gasteiger partial charge on any atom is 0.188 e. The van der Waals surface area contributed by atoms with Gasteiger partial charge in [-0.2, -0.15) is 0 Å². The van der Waals surface area contributed by atoms with Gasteiger partial charge >= 0.3 is 0 Å². The Morgan fingerprint density at radius 1 is 1.24 bits per heavy atom. The molecule has 3 nitrogen and oxygen atoms in total. The minimum absolute atomic E-state index is 0.565. The van der Waals surface area contributed by atoms with Crippen LogP contribution in [0.15, 0.2) is 17.1 Å². The lowest BCUT2D eigenvalue weighted by Crippen LogP contribution is -2.35. The van der Waals surface area contributed by atoms with E-state index in [1.165, 1.54) is 44.9 Å². The number of rotatable bonds is 4. The summed E-state index contributed by atoms with van der Waals surface area (Å²) in [5, 5.41) is 3.24. The van der Waals surface area contributed by atoms with Crippen LogP contribution in [0.4, 0.5) is 0 Å². The van der Waals surface area contributed by atoms with Gasteiger partial charge in [0.05, 0.1) is 6.54 Å². The summed E-state index contributed by atoms with van der Waals surface area (Å²) in [6.07, 6.45) is 9.62. The quantitative estimate of drug-likeness (QED) is 0.449. The third-order valence-corrected chi connectivity index (χ3v) is 3.32. The molecule has 1 fully saturated rings. The monoisotopic (exact) mass is 237 g/mol. The van der Waals surface area contributed by atoms with E-state index in [2.05, 4.69) is 16.9 Å². The van der Waals surface area contributed by atoms with Crippen LogP contribution in [0.2, 0.25) is 0 Å². The molecule has 1 aliphatic carbocycles. The summed E-state index contributed by atoms with van der Waals surface area (Å²) in [5.41, 5.74) is 6.85. The van der Waals surface area contributed by atoms with E-state index in [1.54, 1.807) is 0 Å². The Balaban J connectivity index is 2.23. The van der Waals surface area contributed by atoms with Crippen molar-refractivity contribution < 1.29 is 0 Å². The zero-order valence-corrected chi connectivity index (χ0v) is 11.2. The van der Waals surface area contributed by atoms with Crippen LogP contribution in [0.25, 0.3) is 0 Å². The van der Waals surface area contributed by atoms with E-state index >= 15 is 0 Å². The zero-order chi connectivity index (χ0) is 12.5. The fourth-order valence-corrected chi connectivity index (χ4v) is 2.27. The first-order chi connectivity index (χ1) is 8.18. The first kappa shape index (κ1) is 14.1. The predicted octanol–water partition coefficient (Wildman–Crippen LogP) is 2.83. The van der Waals surface area contributed by atoms with Gasteiger partial charge in [0, 0.05) is 6.54 Å². The molecule has 0 aromatic carbocycles. The van der Waals surface area contributed by atoms with Crippen molar-refractivity contribution in [1.82, 2.24) is 5.32 Å². The van der Waals surface area contributed by atoms with Gasteiger partial charge in [0.15, 0.2) is 5.96 Å². The summed E-state index contributed by atoms with van der Waals surface area (Å²) in [5.74, 6) is 1.34. The van der Waals surface area contributed by atoms with E-state index in [-0.39, 0.29) is 0 Å². The largest absolute Gasteiger partial charge is 0.370 e. The van der Waals surface area contributed by atoms with Crippen molar-refractivity contribution in [3.8, 4) is 0 Å². The highest BCUT2D eigenvalue weighted by Crippen LogP contribution is 2.21. The smallest absolute Gasteiger partial charge is 0.188 e. The third kappa shape index (κ3) is 7.03. The Hall–Kier alpha value is -0.990. The average Bonchev–Trinajstić information content (AvgIpc) is 2.24. The molecule has 3 N–H and O–H groups in total. The van der Waals surface area contributed by atoms with Crippen LogP contribution in [0.5, 0.6) is 0 Å². The molecule has 1 aliphatic rings. The second-order valence-electron chi connectivity index (χ2n) is 5.25. The van der Waals surface area contributed by atoms with Crippen molar-refractivity contribution in [1.29, 1.82) is 0 Å². The van der Waals surface area contributed by atoms with Crippen molar-refractivity contribution in [2.45, 2.75) is 51.9 Å². The van der Waals surface area contributed by atoms with Crippen molar-refractivity contribution in [3.05, 3.63) is 12.2 Å². The molecule has 0 amide bonds. The van der Waals surface area contributed by atoms with Crippen LogP contribution in [0.1, 0.15) is 51.9 Å².